The Morgan fingerprint density at radius 3 is 2.43 bits per heavy atom. The van der Waals surface area contributed by atoms with E-state index in [4.69, 9.17) is 5.73 Å². The summed E-state index contributed by atoms with van der Waals surface area (Å²) in [5.74, 6) is 0.543. The van der Waals surface area contributed by atoms with Crippen LogP contribution in [-0.2, 0) is 6.54 Å². The number of pyridine rings is 1. The van der Waals surface area contributed by atoms with Gasteiger partial charge < -0.3 is 26.2 Å². The third-order valence-electron chi connectivity index (χ3n) is 6.64. The van der Waals surface area contributed by atoms with Crippen LogP contribution in [0.25, 0.3) is 0 Å². The molecule has 3 aromatic rings. The summed E-state index contributed by atoms with van der Waals surface area (Å²) in [6.07, 6.45) is 1.76. The van der Waals surface area contributed by atoms with Crippen LogP contribution in [-0.4, -0.2) is 71.9 Å². The van der Waals surface area contributed by atoms with E-state index in [1.165, 1.54) is 5.56 Å². The summed E-state index contributed by atoms with van der Waals surface area (Å²) in [5, 5.41) is 6.28. The molecule has 0 spiro atoms. The summed E-state index contributed by atoms with van der Waals surface area (Å²) < 4.78 is 0. The summed E-state index contributed by atoms with van der Waals surface area (Å²) in [6, 6.07) is 19.2. The zero-order valence-electron chi connectivity index (χ0n) is 21.8. The molecular weight excluding hydrogens is 462 g/mol. The molecule has 4 N–H and O–H groups in total. The summed E-state index contributed by atoms with van der Waals surface area (Å²) in [5.41, 5.74) is 10.6. The quantitative estimate of drug-likeness (QED) is 0.365. The average Bonchev–Trinajstić information content (AvgIpc) is 2.90. The van der Waals surface area contributed by atoms with Gasteiger partial charge in [-0.05, 0) is 49.9 Å². The van der Waals surface area contributed by atoms with Crippen molar-refractivity contribution >= 4 is 23.0 Å². The molecule has 194 valence electrons. The van der Waals surface area contributed by atoms with E-state index < -0.39 is 0 Å². The second-order valence-corrected chi connectivity index (χ2v) is 9.60. The van der Waals surface area contributed by atoms with E-state index in [0.29, 0.717) is 23.6 Å². The van der Waals surface area contributed by atoms with E-state index >= 15 is 0 Å². The molecule has 0 bridgehead atoms. The van der Waals surface area contributed by atoms with Gasteiger partial charge >= 0.3 is 0 Å². The largest absolute Gasteiger partial charge is 0.397 e. The molecule has 1 aliphatic heterocycles. The van der Waals surface area contributed by atoms with Crippen LogP contribution in [0.3, 0.4) is 0 Å². The number of anilines is 3. The molecule has 8 heteroatoms. The number of hydrogen-bond acceptors (Lipinski definition) is 7. The molecule has 8 nitrogen and oxygen atoms in total. The summed E-state index contributed by atoms with van der Waals surface area (Å²) in [7, 11) is 2.17. The normalized spacial score (nSPS) is 14.2. The number of nitrogens with zero attached hydrogens (tertiary/aromatic N) is 4. The van der Waals surface area contributed by atoms with E-state index in [0.717, 1.165) is 56.3 Å². The standard InChI is InChI=1S/C29H37N7O/c1-22-8-11-25(12-9-22)32-23(2)36(19-18-35-16-14-34(3)15-17-35)21-24-10-13-28(31-20-24)29(37)33-27-7-5-4-6-26(27)30/h4-13,20,32H,2,14-19,21,30H2,1,3H3,(H,33,37). The van der Waals surface area contributed by atoms with Crippen LogP contribution in [0.15, 0.2) is 79.3 Å². The summed E-state index contributed by atoms with van der Waals surface area (Å²) >= 11 is 0. The number of piperazine rings is 1. The monoisotopic (exact) mass is 499 g/mol. The van der Waals surface area contributed by atoms with Gasteiger partial charge in [0.1, 0.15) is 5.69 Å². The first kappa shape index (κ1) is 26.2. The number of amides is 1. The lowest BCUT2D eigenvalue weighted by Crippen LogP contribution is -2.47. The third-order valence-corrected chi connectivity index (χ3v) is 6.64. The lowest BCUT2D eigenvalue weighted by Gasteiger charge is -2.35. The molecule has 4 rings (SSSR count). The highest BCUT2D eigenvalue weighted by atomic mass is 16.1. The molecule has 1 aromatic heterocycles. The molecular formula is C29H37N7O. The number of aromatic nitrogens is 1. The molecule has 2 aromatic carbocycles. The maximum absolute atomic E-state index is 12.7. The average molecular weight is 500 g/mol. The molecule has 0 saturated carbocycles. The van der Waals surface area contributed by atoms with Crippen molar-refractivity contribution in [3.8, 4) is 0 Å². The number of para-hydroxylation sites is 2. The lowest BCUT2D eigenvalue weighted by atomic mass is 10.2. The number of nitrogen functional groups attached to an aromatic ring is 1. The summed E-state index contributed by atoms with van der Waals surface area (Å²) in [4.78, 5) is 24.2. The molecule has 0 radical (unpaired) electrons. The Bertz CT molecular complexity index is 1190. The maximum Gasteiger partial charge on any atom is 0.274 e. The number of carbonyl (C=O) groups is 1. The molecule has 0 unspecified atom stereocenters. The van der Waals surface area contributed by atoms with Crippen LogP contribution >= 0.6 is 0 Å². The lowest BCUT2D eigenvalue weighted by molar-refractivity contribution is 0.102. The smallest absolute Gasteiger partial charge is 0.274 e. The van der Waals surface area contributed by atoms with Gasteiger partial charge in [-0.15, -0.1) is 0 Å². The van der Waals surface area contributed by atoms with Crippen molar-refractivity contribution in [2.45, 2.75) is 13.5 Å². The molecule has 0 atom stereocenters. The van der Waals surface area contributed by atoms with E-state index in [1.807, 2.05) is 18.2 Å². The first-order valence-corrected chi connectivity index (χ1v) is 12.7. The van der Waals surface area contributed by atoms with Gasteiger partial charge in [-0.3, -0.25) is 14.7 Å². The van der Waals surface area contributed by atoms with Crippen LogP contribution in [0.2, 0.25) is 0 Å². The van der Waals surface area contributed by atoms with Crippen molar-refractivity contribution in [3.05, 3.63) is 96.1 Å². The third kappa shape index (κ3) is 7.55. The molecule has 2 heterocycles. The Morgan fingerprint density at radius 1 is 1.03 bits per heavy atom. The fourth-order valence-corrected chi connectivity index (χ4v) is 4.20. The Morgan fingerprint density at radius 2 is 1.76 bits per heavy atom. The molecule has 1 aliphatic rings. The van der Waals surface area contributed by atoms with Gasteiger partial charge in [0.15, 0.2) is 0 Å². The van der Waals surface area contributed by atoms with Crippen molar-refractivity contribution in [2.24, 2.45) is 0 Å². The van der Waals surface area contributed by atoms with Crippen molar-refractivity contribution < 1.29 is 4.79 Å². The fourth-order valence-electron chi connectivity index (χ4n) is 4.20. The molecule has 37 heavy (non-hydrogen) atoms. The van der Waals surface area contributed by atoms with Crippen molar-refractivity contribution in [1.29, 1.82) is 0 Å². The molecule has 0 aliphatic carbocycles. The molecule has 1 fully saturated rings. The highest BCUT2D eigenvalue weighted by Crippen LogP contribution is 2.19. The van der Waals surface area contributed by atoms with Crippen molar-refractivity contribution in [1.82, 2.24) is 19.7 Å². The Labute approximate surface area is 219 Å². The number of carbonyl (C=O) groups excluding carboxylic acids is 1. The van der Waals surface area contributed by atoms with Gasteiger partial charge in [0.05, 0.1) is 17.2 Å². The number of likely N-dealkylation sites (N-methyl/N-ethyl adjacent to an activating group) is 1. The second-order valence-electron chi connectivity index (χ2n) is 9.60. The highest BCUT2D eigenvalue weighted by molar-refractivity contribution is 6.04. The Hall–Kier alpha value is -3.88. The van der Waals surface area contributed by atoms with Gasteiger partial charge in [-0.2, -0.15) is 0 Å². The number of nitrogens with one attached hydrogen (secondary N) is 2. The SMILES string of the molecule is C=C(Nc1ccc(C)cc1)N(CCN1CCN(C)CC1)Cc1ccc(C(=O)Nc2ccccc2N)nc1. The van der Waals surface area contributed by atoms with Crippen LogP contribution < -0.4 is 16.4 Å². The van der Waals surface area contributed by atoms with Crippen molar-refractivity contribution in [3.63, 3.8) is 0 Å². The topological polar surface area (TPSA) is 89.8 Å². The molecule has 1 amide bonds. The van der Waals surface area contributed by atoms with E-state index in [2.05, 4.69) is 75.1 Å². The Balaban J connectivity index is 1.41. The summed E-state index contributed by atoms with van der Waals surface area (Å²) in [6.45, 7) is 13.1. The van der Waals surface area contributed by atoms with Gasteiger partial charge in [0.25, 0.3) is 5.91 Å². The van der Waals surface area contributed by atoms with Crippen LogP contribution in [0.1, 0.15) is 21.6 Å². The van der Waals surface area contributed by atoms with Crippen LogP contribution in [0, 0.1) is 6.92 Å². The predicted molar refractivity (Wildman–Crippen MR) is 151 cm³/mol. The number of benzene rings is 2. The van der Waals surface area contributed by atoms with Gasteiger partial charge in [0.2, 0.25) is 0 Å². The minimum absolute atomic E-state index is 0.290. The minimum atomic E-state index is -0.290. The van der Waals surface area contributed by atoms with Crippen LogP contribution in [0.4, 0.5) is 17.1 Å². The number of nitrogens with two attached hydrogens (primary N) is 1. The number of aryl methyl sites for hydroxylation is 1. The van der Waals surface area contributed by atoms with Gasteiger partial charge in [-0.25, -0.2) is 0 Å². The zero-order valence-corrected chi connectivity index (χ0v) is 21.8. The van der Waals surface area contributed by atoms with Crippen molar-refractivity contribution in [2.75, 3.05) is 62.7 Å². The van der Waals surface area contributed by atoms with Crippen LogP contribution in [0.5, 0.6) is 0 Å². The zero-order chi connectivity index (χ0) is 26.2. The Kier molecular flexibility index (Phi) is 8.77. The number of rotatable bonds is 10. The fraction of sp³-hybridized carbons (Fsp3) is 0.310. The number of hydrogen-bond donors (Lipinski definition) is 3. The predicted octanol–water partition coefficient (Wildman–Crippen LogP) is 3.86. The van der Waals surface area contributed by atoms with E-state index in [9.17, 15) is 4.79 Å². The highest BCUT2D eigenvalue weighted by Gasteiger charge is 2.17. The maximum atomic E-state index is 12.7. The minimum Gasteiger partial charge on any atom is -0.397 e. The van der Waals surface area contributed by atoms with E-state index in [1.54, 1.807) is 24.4 Å². The molecule has 1 saturated heterocycles. The first-order valence-electron chi connectivity index (χ1n) is 12.7. The second kappa shape index (κ2) is 12.4. The first-order chi connectivity index (χ1) is 17.9. The van der Waals surface area contributed by atoms with Gasteiger partial charge in [-0.1, -0.05) is 42.5 Å². The van der Waals surface area contributed by atoms with E-state index in [-0.39, 0.29) is 5.91 Å². The van der Waals surface area contributed by atoms with Gasteiger partial charge in [0, 0.05) is 57.7 Å².